The van der Waals surface area contributed by atoms with Crippen LogP contribution in [0.25, 0.3) is 0 Å². The normalized spacial score (nSPS) is 20.3. The zero-order valence-corrected chi connectivity index (χ0v) is 10.0. The third kappa shape index (κ3) is 3.30. The summed E-state index contributed by atoms with van der Waals surface area (Å²) in [5, 5.41) is 9.14. The highest BCUT2D eigenvalue weighted by atomic mass is 16.3. The smallest absolute Gasteiger partial charge is 0.226 e. The lowest BCUT2D eigenvalue weighted by molar-refractivity contribution is -0.132. The molecule has 17 heavy (non-hydrogen) atoms. The van der Waals surface area contributed by atoms with Gasteiger partial charge in [0.25, 0.3) is 0 Å². The summed E-state index contributed by atoms with van der Waals surface area (Å²) in [6.07, 6.45) is 2.51. The number of hydrogen-bond donors (Lipinski definition) is 1. The summed E-state index contributed by atoms with van der Waals surface area (Å²) in [5.41, 5.74) is 1.06. The molecule has 1 aromatic rings. The summed E-state index contributed by atoms with van der Waals surface area (Å²) in [7, 11) is 0. The Morgan fingerprint density at radius 2 is 2.12 bits per heavy atom. The van der Waals surface area contributed by atoms with Gasteiger partial charge in [-0.1, -0.05) is 30.3 Å². The molecule has 1 aliphatic heterocycles. The van der Waals surface area contributed by atoms with Crippen LogP contribution in [0.3, 0.4) is 0 Å². The number of amides is 1. The van der Waals surface area contributed by atoms with E-state index in [9.17, 15) is 4.79 Å². The number of benzene rings is 1. The van der Waals surface area contributed by atoms with Crippen molar-refractivity contribution in [3.8, 4) is 0 Å². The van der Waals surface area contributed by atoms with E-state index in [1.165, 1.54) is 0 Å². The number of carbonyl (C=O) groups is 1. The minimum Gasteiger partial charge on any atom is -0.396 e. The van der Waals surface area contributed by atoms with Gasteiger partial charge >= 0.3 is 0 Å². The topological polar surface area (TPSA) is 40.5 Å². The van der Waals surface area contributed by atoms with Gasteiger partial charge in [-0.2, -0.15) is 0 Å². The molecule has 1 aromatic carbocycles. The van der Waals surface area contributed by atoms with Gasteiger partial charge in [0, 0.05) is 19.7 Å². The molecule has 1 heterocycles. The largest absolute Gasteiger partial charge is 0.396 e. The lowest BCUT2D eigenvalue weighted by atomic mass is 9.98. The van der Waals surface area contributed by atoms with Gasteiger partial charge in [0.2, 0.25) is 5.91 Å². The van der Waals surface area contributed by atoms with Crippen molar-refractivity contribution >= 4 is 5.91 Å². The van der Waals surface area contributed by atoms with Crippen LogP contribution in [0.5, 0.6) is 0 Å². The minimum absolute atomic E-state index is 0.175. The fraction of sp³-hybridized carbons (Fsp3) is 0.500. The van der Waals surface area contributed by atoms with E-state index in [2.05, 4.69) is 0 Å². The summed E-state index contributed by atoms with van der Waals surface area (Å²) in [6, 6.07) is 9.82. The van der Waals surface area contributed by atoms with E-state index in [1.807, 2.05) is 35.2 Å². The number of aliphatic hydroxyl groups excluding tert-OH is 1. The minimum atomic E-state index is 0.175. The third-order valence-electron chi connectivity index (χ3n) is 3.33. The molecule has 0 aromatic heterocycles. The first kappa shape index (κ1) is 12.1. The third-order valence-corrected chi connectivity index (χ3v) is 3.33. The Hall–Kier alpha value is -1.35. The second-order valence-corrected chi connectivity index (χ2v) is 4.69. The number of carbonyl (C=O) groups excluding carboxylic acids is 1. The number of likely N-dealkylation sites (tertiary alicyclic amines) is 1. The molecule has 1 amide bonds. The van der Waals surface area contributed by atoms with Crippen molar-refractivity contribution in [2.24, 2.45) is 5.92 Å². The van der Waals surface area contributed by atoms with Crippen molar-refractivity contribution in [3.05, 3.63) is 35.9 Å². The van der Waals surface area contributed by atoms with Crippen LogP contribution in [-0.4, -0.2) is 35.6 Å². The molecular weight excluding hydrogens is 214 g/mol. The Labute approximate surface area is 102 Å². The van der Waals surface area contributed by atoms with Crippen LogP contribution in [0.2, 0.25) is 0 Å². The first-order chi connectivity index (χ1) is 8.29. The highest BCUT2D eigenvalue weighted by molar-refractivity contribution is 5.78. The number of aliphatic hydroxyl groups is 1. The van der Waals surface area contributed by atoms with Crippen molar-refractivity contribution in [3.63, 3.8) is 0 Å². The average Bonchev–Trinajstić information content (AvgIpc) is 2.40. The molecule has 0 radical (unpaired) electrons. The second-order valence-electron chi connectivity index (χ2n) is 4.69. The van der Waals surface area contributed by atoms with E-state index in [-0.39, 0.29) is 18.4 Å². The zero-order chi connectivity index (χ0) is 12.1. The van der Waals surface area contributed by atoms with Crippen LogP contribution >= 0.6 is 0 Å². The lowest BCUT2D eigenvalue weighted by Gasteiger charge is -2.32. The monoisotopic (exact) mass is 233 g/mol. The zero-order valence-electron chi connectivity index (χ0n) is 10.0. The van der Waals surface area contributed by atoms with Crippen molar-refractivity contribution < 1.29 is 9.90 Å². The molecule has 2 rings (SSSR count). The fourth-order valence-electron chi connectivity index (χ4n) is 2.32. The highest BCUT2D eigenvalue weighted by Crippen LogP contribution is 2.16. The number of nitrogens with zero attached hydrogens (tertiary/aromatic N) is 1. The van der Waals surface area contributed by atoms with E-state index >= 15 is 0 Å². The summed E-state index contributed by atoms with van der Waals surface area (Å²) < 4.78 is 0. The van der Waals surface area contributed by atoms with Crippen LogP contribution in [0.1, 0.15) is 18.4 Å². The fourth-order valence-corrected chi connectivity index (χ4v) is 2.32. The van der Waals surface area contributed by atoms with Crippen LogP contribution in [-0.2, 0) is 11.2 Å². The predicted octanol–water partition coefficient (Wildman–Crippen LogP) is 1.46. The van der Waals surface area contributed by atoms with Crippen molar-refractivity contribution in [2.75, 3.05) is 19.7 Å². The van der Waals surface area contributed by atoms with Gasteiger partial charge in [-0.15, -0.1) is 0 Å². The highest BCUT2D eigenvalue weighted by Gasteiger charge is 2.22. The van der Waals surface area contributed by atoms with Crippen molar-refractivity contribution in [1.82, 2.24) is 4.90 Å². The van der Waals surface area contributed by atoms with Gasteiger partial charge in [0.15, 0.2) is 0 Å². The van der Waals surface area contributed by atoms with Gasteiger partial charge in [-0.3, -0.25) is 4.79 Å². The first-order valence-corrected chi connectivity index (χ1v) is 6.22. The van der Waals surface area contributed by atoms with E-state index in [1.54, 1.807) is 0 Å². The molecule has 0 aliphatic carbocycles. The Morgan fingerprint density at radius 1 is 1.35 bits per heavy atom. The van der Waals surface area contributed by atoms with Gasteiger partial charge in [0.05, 0.1) is 6.42 Å². The van der Waals surface area contributed by atoms with E-state index in [0.29, 0.717) is 13.0 Å². The SMILES string of the molecule is O=C(Cc1ccccc1)N1CCC[C@@H](CO)C1. The van der Waals surface area contributed by atoms with Crippen LogP contribution < -0.4 is 0 Å². The first-order valence-electron chi connectivity index (χ1n) is 6.22. The number of hydrogen-bond acceptors (Lipinski definition) is 2. The standard InChI is InChI=1S/C14H19NO2/c16-11-13-7-4-8-15(10-13)14(17)9-12-5-2-1-3-6-12/h1-3,5-6,13,16H,4,7-11H2/t13-/m1/s1. The quantitative estimate of drug-likeness (QED) is 0.858. The molecule has 92 valence electrons. The Bertz CT molecular complexity index is 364. The summed E-state index contributed by atoms with van der Waals surface area (Å²) >= 11 is 0. The molecule has 0 spiro atoms. The van der Waals surface area contributed by atoms with Crippen LogP contribution in [0.15, 0.2) is 30.3 Å². The maximum atomic E-state index is 12.1. The van der Waals surface area contributed by atoms with Gasteiger partial charge in [0.1, 0.15) is 0 Å². The summed E-state index contributed by atoms with van der Waals surface area (Å²) in [6.45, 7) is 1.74. The molecule has 1 saturated heterocycles. The molecule has 0 bridgehead atoms. The van der Waals surface area contributed by atoms with Crippen LogP contribution in [0, 0.1) is 5.92 Å². The number of piperidine rings is 1. The molecule has 1 N–H and O–H groups in total. The molecular formula is C14H19NO2. The lowest BCUT2D eigenvalue weighted by Crippen LogP contribution is -2.41. The van der Waals surface area contributed by atoms with E-state index in [4.69, 9.17) is 5.11 Å². The molecule has 1 aliphatic rings. The van der Waals surface area contributed by atoms with Crippen molar-refractivity contribution in [1.29, 1.82) is 0 Å². The Kier molecular flexibility index (Phi) is 4.15. The summed E-state index contributed by atoms with van der Waals surface area (Å²) in [4.78, 5) is 14.0. The molecule has 0 saturated carbocycles. The van der Waals surface area contributed by atoms with Gasteiger partial charge in [-0.25, -0.2) is 0 Å². The van der Waals surface area contributed by atoms with Crippen molar-refractivity contribution in [2.45, 2.75) is 19.3 Å². The molecule has 3 nitrogen and oxygen atoms in total. The van der Waals surface area contributed by atoms with E-state index in [0.717, 1.165) is 24.9 Å². The van der Waals surface area contributed by atoms with Gasteiger partial charge in [-0.05, 0) is 24.3 Å². The summed E-state index contributed by atoms with van der Waals surface area (Å²) in [5.74, 6) is 0.442. The second kappa shape index (κ2) is 5.82. The average molecular weight is 233 g/mol. The van der Waals surface area contributed by atoms with Crippen LogP contribution in [0.4, 0.5) is 0 Å². The Balaban J connectivity index is 1.91. The number of rotatable bonds is 3. The molecule has 1 atom stereocenters. The Morgan fingerprint density at radius 3 is 2.82 bits per heavy atom. The van der Waals surface area contributed by atoms with E-state index < -0.39 is 0 Å². The molecule has 3 heteroatoms. The predicted molar refractivity (Wildman–Crippen MR) is 66.5 cm³/mol. The van der Waals surface area contributed by atoms with Gasteiger partial charge < -0.3 is 10.0 Å². The molecule has 1 fully saturated rings. The maximum Gasteiger partial charge on any atom is 0.226 e. The maximum absolute atomic E-state index is 12.1. The molecule has 0 unspecified atom stereocenters.